The van der Waals surface area contributed by atoms with Crippen LogP contribution in [0.15, 0.2) is 24.3 Å². The van der Waals surface area contributed by atoms with Crippen LogP contribution in [0.2, 0.25) is 0 Å². The van der Waals surface area contributed by atoms with Crippen molar-refractivity contribution in [2.75, 3.05) is 0 Å². The lowest BCUT2D eigenvalue weighted by Crippen LogP contribution is -2.49. The van der Waals surface area contributed by atoms with Gasteiger partial charge in [-0.2, -0.15) is 13.2 Å². The van der Waals surface area contributed by atoms with Crippen LogP contribution >= 0.6 is 0 Å². The number of amides is 1. The van der Waals surface area contributed by atoms with E-state index < -0.39 is 35.7 Å². The maximum atomic E-state index is 12.5. The average molecular weight is 346 g/mol. The predicted molar refractivity (Wildman–Crippen MR) is 82.1 cm³/mol. The van der Waals surface area contributed by atoms with Crippen molar-refractivity contribution in [3.05, 3.63) is 35.4 Å². The van der Waals surface area contributed by atoms with Crippen molar-refractivity contribution >= 4 is 11.9 Å². The summed E-state index contributed by atoms with van der Waals surface area (Å²) in [5, 5.41) is 11.5. The van der Waals surface area contributed by atoms with E-state index in [9.17, 15) is 27.9 Å². The van der Waals surface area contributed by atoms with Gasteiger partial charge in [0, 0.05) is 6.42 Å². The maximum Gasteiger partial charge on any atom is 0.416 e. The number of hydrogen-bond acceptors (Lipinski definition) is 3. The quantitative estimate of drug-likeness (QED) is 0.706. The lowest BCUT2D eigenvalue weighted by atomic mass is 10.0. The first kappa shape index (κ1) is 20.0. The topological polar surface area (TPSA) is 92.4 Å². The van der Waals surface area contributed by atoms with Crippen LogP contribution in [0.25, 0.3) is 0 Å². The van der Waals surface area contributed by atoms with Crippen molar-refractivity contribution in [1.82, 2.24) is 5.32 Å². The highest BCUT2D eigenvalue weighted by atomic mass is 19.4. The van der Waals surface area contributed by atoms with Gasteiger partial charge in [0.2, 0.25) is 5.91 Å². The zero-order chi connectivity index (χ0) is 18.5. The van der Waals surface area contributed by atoms with E-state index in [0.29, 0.717) is 12.0 Å². The summed E-state index contributed by atoms with van der Waals surface area (Å²) < 4.78 is 37.5. The molecule has 0 aliphatic rings. The van der Waals surface area contributed by atoms with E-state index in [4.69, 9.17) is 5.73 Å². The molecule has 1 rings (SSSR count). The lowest BCUT2D eigenvalue weighted by molar-refractivity contribution is -0.142. The number of nitrogens with one attached hydrogen (secondary N) is 1. The van der Waals surface area contributed by atoms with Gasteiger partial charge in [-0.1, -0.05) is 26.0 Å². The number of rotatable bonds is 7. The summed E-state index contributed by atoms with van der Waals surface area (Å²) in [6.07, 6.45) is -4.19. The molecule has 1 amide bonds. The second-order valence-corrected chi connectivity index (χ2v) is 6.03. The Kier molecular flexibility index (Phi) is 6.77. The molecule has 1 aromatic carbocycles. The fourth-order valence-corrected chi connectivity index (χ4v) is 2.16. The average Bonchev–Trinajstić information content (AvgIpc) is 2.45. The zero-order valence-corrected chi connectivity index (χ0v) is 13.4. The van der Waals surface area contributed by atoms with Gasteiger partial charge in [-0.3, -0.25) is 4.79 Å². The van der Waals surface area contributed by atoms with Crippen LogP contribution in [0.4, 0.5) is 13.2 Å². The minimum atomic E-state index is -4.46. The highest BCUT2D eigenvalue weighted by molar-refractivity contribution is 5.86. The summed E-state index contributed by atoms with van der Waals surface area (Å²) in [4.78, 5) is 23.2. The number of carboxylic acid groups (broad SMARTS) is 1. The first-order chi connectivity index (χ1) is 11.0. The molecule has 24 heavy (non-hydrogen) atoms. The van der Waals surface area contributed by atoms with Crippen LogP contribution in [-0.4, -0.2) is 29.1 Å². The third-order valence-corrected chi connectivity index (χ3v) is 3.40. The number of carbonyl (C=O) groups excluding carboxylic acids is 1. The van der Waals surface area contributed by atoms with Crippen LogP contribution in [-0.2, 0) is 22.2 Å². The second kappa shape index (κ2) is 8.14. The summed E-state index contributed by atoms with van der Waals surface area (Å²) in [6, 6.07) is 2.05. The fraction of sp³-hybridized carbons (Fsp3) is 0.500. The summed E-state index contributed by atoms with van der Waals surface area (Å²) in [6.45, 7) is 3.76. The number of hydrogen-bond donors (Lipinski definition) is 3. The summed E-state index contributed by atoms with van der Waals surface area (Å²) in [7, 11) is 0. The molecule has 1 aromatic rings. The molecule has 0 aliphatic carbocycles. The van der Waals surface area contributed by atoms with E-state index in [0.717, 1.165) is 12.1 Å². The van der Waals surface area contributed by atoms with Crippen LogP contribution in [0.1, 0.15) is 31.4 Å². The van der Waals surface area contributed by atoms with Gasteiger partial charge in [0.1, 0.15) is 6.04 Å². The Balaban J connectivity index is 2.76. The predicted octanol–water partition coefficient (Wildman–Crippen LogP) is 2.19. The number of carbonyl (C=O) groups is 2. The number of alkyl halides is 3. The molecule has 0 saturated heterocycles. The molecular weight excluding hydrogens is 325 g/mol. The highest BCUT2D eigenvalue weighted by Gasteiger charge is 2.30. The van der Waals surface area contributed by atoms with Gasteiger partial charge in [0.25, 0.3) is 0 Å². The Morgan fingerprint density at radius 2 is 1.75 bits per heavy atom. The van der Waals surface area contributed by atoms with Gasteiger partial charge < -0.3 is 16.2 Å². The molecule has 0 aliphatic heterocycles. The largest absolute Gasteiger partial charge is 0.480 e. The Morgan fingerprint density at radius 3 is 2.17 bits per heavy atom. The number of nitrogens with two attached hydrogens (primary N) is 1. The Bertz CT molecular complexity index is 571. The molecule has 8 heteroatoms. The smallest absolute Gasteiger partial charge is 0.416 e. The minimum absolute atomic E-state index is 0.131. The van der Waals surface area contributed by atoms with E-state index >= 15 is 0 Å². The van der Waals surface area contributed by atoms with Crippen molar-refractivity contribution in [2.45, 2.75) is 44.9 Å². The van der Waals surface area contributed by atoms with Gasteiger partial charge in [0.15, 0.2) is 0 Å². The third-order valence-electron chi connectivity index (χ3n) is 3.40. The molecule has 0 radical (unpaired) electrons. The van der Waals surface area contributed by atoms with E-state index in [1.54, 1.807) is 0 Å². The molecule has 0 spiro atoms. The molecule has 134 valence electrons. The second-order valence-electron chi connectivity index (χ2n) is 6.03. The van der Waals surface area contributed by atoms with Crippen LogP contribution in [0.3, 0.4) is 0 Å². The van der Waals surface area contributed by atoms with E-state index in [1.165, 1.54) is 12.1 Å². The van der Waals surface area contributed by atoms with E-state index in [1.807, 2.05) is 13.8 Å². The molecule has 0 heterocycles. The van der Waals surface area contributed by atoms with Crippen molar-refractivity contribution in [3.63, 3.8) is 0 Å². The van der Waals surface area contributed by atoms with Crippen LogP contribution in [0.5, 0.6) is 0 Å². The van der Waals surface area contributed by atoms with Crippen LogP contribution in [0, 0.1) is 5.92 Å². The number of carboxylic acids is 1. The van der Waals surface area contributed by atoms with Gasteiger partial charge >= 0.3 is 12.1 Å². The summed E-state index contributed by atoms with van der Waals surface area (Å²) in [5.41, 5.74) is 5.25. The Hall–Kier alpha value is -2.09. The van der Waals surface area contributed by atoms with Gasteiger partial charge in [0.05, 0.1) is 11.6 Å². The van der Waals surface area contributed by atoms with Crippen molar-refractivity contribution in [1.29, 1.82) is 0 Å². The molecule has 5 nitrogen and oxygen atoms in total. The molecule has 0 unspecified atom stereocenters. The molecule has 0 bridgehead atoms. The normalized spacial score (nSPS) is 14.3. The monoisotopic (exact) mass is 346 g/mol. The number of benzene rings is 1. The Morgan fingerprint density at radius 1 is 1.21 bits per heavy atom. The Labute approximate surface area is 138 Å². The fourth-order valence-electron chi connectivity index (χ4n) is 2.16. The van der Waals surface area contributed by atoms with Crippen molar-refractivity contribution in [2.24, 2.45) is 11.7 Å². The molecule has 0 saturated carbocycles. The van der Waals surface area contributed by atoms with Crippen molar-refractivity contribution < 1.29 is 27.9 Å². The van der Waals surface area contributed by atoms with Gasteiger partial charge in [-0.05, 0) is 30.0 Å². The lowest BCUT2D eigenvalue weighted by Gasteiger charge is -2.19. The SMILES string of the molecule is CC(C)C[C@H](N)C(=O)N[C@@H](Cc1ccc(C(F)(F)F)cc1)C(=O)O. The molecule has 2 atom stereocenters. The highest BCUT2D eigenvalue weighted by Crippen LogP contribution is 2.29. The number of aliphatic carboxylic acids is 1. The molecule has 4 N–H and O–H groups in total. The van der Waals surface area contributed by atoms with Gasteiger partial charge in [-0.15, -0.1) is 0 Å². The summed E-state index contributed by atoms with van der Waals surface area (Å²) >= 11 is 0. The first-order valence-corrected chi connectivity index (χ1v) is 7.45. The standard InChI is InChI=1S/C16H21F3N2O3/c1-9(2)7-12(20)14(22)21-13(15(23)24)8-10-3-5-11(6-4-10)16(17,18)19/h3-6,9,12-13H,7-8,20H2,1-2H3,(H,21,22)(H,23,24)/t12-,13-/m0/s1. The van der Waals surface area contributed by atoms with Crippen LogP contribution < -0.4 is 11.1 Å². The summed E-state index contributed by atoms with van der Waals surface area (Å²) in [5.74, 6) is -1.70. The third kappa shape index (κ3) is 6.19. The molecular formula is C16H21F3N2O3. The molecule has 0 aromatic heterocycles. The first-order valence-electron chi connectivity index (χ1n) is 7.45. The maximum absolute atomic E-state index is 12.5. The van der Waals surface area contributed by atoms with E-state index in [2.05, 4.69) is 5.32 Å². The minimum Gasteiger partial charge on any atom is -0.480 e. The van der Waals surface area contributed by atoms with E-state index in [-0.39, 0.29) is 12.3 Å². The number of halogens is 3. The van der Waals surface area contributed by atoms with Crippen molar-refractivity contribution in [3.8, 4) is 0 Å². The zero-order valence-electron chi connectivity index (χ0n) is 13.4. The van der Waals surface area contributed by atoms with Gasteiger partial charge in [-0.25, -0.2) is 4.79 Å². The molecule has 0 fully saturated rings.